The topological polar surface area (TPSA) is 123 Å². The minimum absolute atomic E-state index is 0.0108. The number of ether oxygens (including phenoxy) is 4. The Kier molecular flexibility index (Phi) is 9.32. The maximum atomic E-state index is 17.3. The number of hydrogen-bond acceptors (Lipinski definition) is 11. The highest BCUT2D eigenvalue weighted by Crippen LogP contribution is 2.49. The molecule has 0 spiro atoms. The number of piperidine rings is 2. The lowest BCUT2D eigenvalue weighted by Crippen LogP contribution is -2.54. The van der Waals surface area contributed by atoms with Gasteiger partial charge in [-0.25, -0.2) is 13.8 Å². The second-order valence-electron chi connectivity index (χ2n) is 16.1. The lowest BCUT2D eigenvalue weighted by Gasteiger charge is -2.46. The van der Waals surface area contributed by atoms with E-state index in [4.69, 9.17) is 35.3 Å². The van der Waals surface area contributed by atoms with E-state index in [0.29, 0.717) is 43.8 Å². The maximum absolute atomic E-state index is 17.3. The van der Waals surface area contributed by atoms with Crippen LogP contribution >= 0.6 is 0 Å². The number of phenolic OH excluding ortho intramolecular Hbond substituents is 1. The van der Waals surface area contributed by atoms with Gasteiger partial charge in [-0.05, 0) is 89.4 Å². The highest BCUT2D eigenvalue weighted by Gasteiger charge is 2.49. The van der Waals surface area contributed by atoms with E-state index in [1.165, 1.54) is 31.4 Å². The Morgan fingerprint density at radius 1 is 1.04 bits per heavy atom. The van der Waals surface area contributed by atoms with Gasteiger partial charge in [-0.3, -0.25) is 4.90 Å². The predicted molar refractivity (Wildman–Crippen MR) is 200 cm³/mol. The summed E-state index contributed by atoms with van der Waals surface area (Å²) < 4.78 is 56.7. The fourth-order valence-corrected chi connectivity index (χ4v) is 9.43. The number of β-amino-alcohol motifs (C(OH)–C–C–N with tert-alkyl or cyclic N) is 1. The molecule has 11 nitrogen and oxygen atoms in total. The Hall–Kier alpha value is -4.35. The Labute approximate surface area is 313 Å². The molecule has 3 aliphatic heterocycles. The zero-order chi connectivity index (χ0) is 38.0. The molecule has 0 amide bonds. The molecule has 4 aromatic rings. The van der Waals surface area contributed by atoms with E-state index in [0.717, 1.165) is 45.2 Å². The summed E-state index contributed by atoms with van der Waals surface area (Å²) in [6.07, 6.45) is 12.1. The standard InChI is InChI=1S/C41H47F2N5O6/c1-6-27-29(42)12-11-24-18-25(49)19-28(31(24)27)34-33(43)35-32(37(44-34)51-5)36(48-17-8-13-40(4,50)22-48)46-38(45-35)52-23-41-14-7-10-30(41)47(16-9-15-41)20-26-21-53-39(2,3)54-26/h1,11-12,18-19,26,30,49-50H,7-10,13-17,20-23H2,2-5H3. The number of phenols is 1. The van der Waals surface area contributed by atoms with Gasteiger partial charge in [-0.2, -0.15) is 9.97 Å². The number of nitrogens with zero attached hydrogens (tertiary/aromatic N) is 5. The molecule has 8 rings (SSSR count). The Morgan fingerprint density at radius 2 is 1.83 bits per heavy atom. The number of rotatable bonds is 8. The van der Waals surface area contributed by atoms with Crippen molar-refractivity contribution in [3.63, 3.8) is 0 Å². The van der Waals surface area contributed by atoms with Crippen molar-refractivity contribution in [2.45, 2.75) is 89.3 Å². The van der Waals surface area contributed by atoms with Crippen LogP contribution in [0.25, 0.3) is 32.9 Å². The van der Waals surface area contributed by atoms with Crippen LogP contribution in [0.1, 0.15) is 71.3 Å². The van der Waals surface area contributed by atoms with Crippen LogP contribution in [0.3, 0.4) is 0 Å². The molecule has 4 unspecified atom stereocenters. The number of benzene rings is 2. The highest BCUT2D eigenvalue weighted by atomic mass is 19.1. The van der Waals surface area contributed by atoms with E-state index in [1.54, 1.807) is 6.92 Å². The zero-order valence-corrected chi connectivity index (χ0v) is 31.3. The number of terminal acetylenes is 1. The minimum atomic E-state index is -1.02. The van der Waals surface area contributed by atoms with Gasteiger partial charge in [-0.15, -0.1) is 6.42 Å². The van der Waals surface area contributed by atoms with Crippen LogP contribution in [0.5, 0.6) is 17.6 Å². The summed E-state index contributed by atoms with van der Waals surface area (Å²) in [7, 11) is 1.41. The number of methoxy groups -OCH3 is 1. The second-order valence-corrected chi connectivity index (χ2v) is 16.1. The van der Waals surface area contributed by atoms with Crippen molar-refractivity contribution in [2.75, 3.05) is 51.4 Å². The lowest BCUT2D eigenvalue weighted by molar-refractivity contribution is -0.143. The molecule has 286 valence electrons. The number of aliphatic hydroxyl groups is 1. The number of anilines is 1. The molecule has 5 heterocycles. The SMILES string of the molecule is C#Cc1c(F)ccc2cc(O)cc(-c3nc(OC)c4c(N5CCCC(C)(O)C5)nc(OCC56CCCC5N(CC5COC(C)(C)O5)CCC6)nc4c3F)c12. The summed E-state index contributed by atoms with van der Waals surface area (Å²) in [4.78, 5) is 18.6. The van der Waals surface area contributed by atoms with Crippen molar-refractivity contribution in [3.8, 4) is 41.2 Å². The van der Waals surface area contributed by atoms with Crippen molar-refractivity contribution in [1.29, 1.82) is 0 Å². The molecule has 2 aromatic heterocycles. The number of aromatic hydroxyl groups is 1. The fraction of sp³-hybridized carbons (Fsp3) is 0.537. The van der Waals surface area contributed by atoms with Gasteiger partial charge in [-0.1, -0.05) is 18.4 Å². The van der Waals surface area contributed by atoms with Crippen molar-refractivity contribution in [1.82, 2.24) is 19.9 Å². The summed E-state index contributed by atoms with van der Waals surface area (Å²) in [6.45, 7) is 9.06. The van der Waals surface area contributed by atoms with Gasteiger partial charge >= 0.3 is 6.01 Å². The van der Waals surface area contributed by atoms with Crippen LogP contribution in [0.15, 0.2) is 24.3 Å². The van der Waals surface area contributed by atoms with Crippen molar-refractivity contribution >= 4 is 27.5 Å². The van der Waals surface area contributed by atoms with Gasteiger partial charge in [0.2, 0.25) is 5.88 Å². The Morgan fingerprint density at radius 3 is 2.57 bits per heavy atom. The molecule has 1 saturated carbocycles. The van der Waals surface area contributed by atoms with E-state index in [1.807, 2.05) is 18.7 Å². The number of likely N-dealkylation sites (tertiary alicyclic amines) is 1. The number of hydrogen-bond donors (Lipinski definition) is 2. The summed E-state index contributed by atoms with van der Waals surface area (Å²) in [6, 6.07) is 5.67. The molecule has 2 aromatic carbocycles. The number of pyridine rings is 1. The van der Waals surface area contributed by atoms with Crippen molar-refractivity contribution in [2.24, 2.45) is 5.41 Å². The normalized spacial score (nSPS) is 27.0. The number of fused-ring (bicyclic) bond motifs is 3. The zero-order valence-electron chi connectivity index (χ0n) is 31.3. The van der Waals surface area contributed by atoms with Gasteiger partial charge in [0.25, 0.3) is 0 Å². The number of halogens is 2. The molecule has 54 heavy (non-hydrogen) atoms. The molecule has 0 bridgehead atoms. The first-order valence-electron chi connectivity index (χ1n) is 18.8. The molecule has 2 N–H and O–H groups in total. The van der Waals surface area contributed by atoms with Crippen LogP contribution in [0.4, 0.5) is 14.6 Å². The fourth-order valence-electron chi connectivity index (χ4n) is 9.43. The maximum Gasteiger partial charge on any atom is 0.319 e. The van der Waals surface area contributed by atoms with E-state index in [-0.39, 0.29) is 74.9 Å². The summed E-state index contributed by atoms with van der Waals surface area (Å²) in [5.74, 6) is 0.442. The Bertz CT molecular complexity index is 2160. The molecule has 0 radical (unpaired) electrons. The third-order valence-electron chi connectivity index (χ3n) is 11.7. The van der Waals surface area contributed by atoms with E-state index in [2.05, 4.69) is 15.8 Å². The lowest BCUT2D eigenvalue weighted by atomic mass is 9.75. The summed E-state index contributed by atoms with van der Waals surface area (Å²) in [5, 5.41) is 22.7. The molecular formula is C41H47F2N5O6. The molecule has 3 saturated heterocycles. The van der Waals surface area contributed by atoms with Crippen LogP contribution in [0, 0.1) is 29.4 Å². The molecular weight excluding hydrogens is 696 g/mol. The molecule has 4 fully saturated rings. The first-order chi connectivity index (χ1) is 25.8. The van der Waals surface area contributed by atoms with Gasteiger partial charge < -0.3 is 34.1 Å². The van der Waals surface area contributed by atoms with Crippen LogP contribution in [-0.4, -0.2) is 100 Å². The van der Waals surface area contributed by atoms with Crippen molar-refractivity contribution < 1.29 is 37.9 Å². The number of aromatic nitrogens is 3. The van der Waals surface area contributed by atoms with Crippen LogP contribution in [0.2, 0.25) is 0 Å². The first-order valence-corrected chi connectivity index (χ1v) is 18.8. The van der Waals surface area contributed by atoms with E-state index in [9.17, 15) is 10.2 Å². The first kappa shape index (κ1) is 36.6. The minimum Gasteiger partial charge on any atom is -0.508 e. The molecule has 13 heteroatoms. The molecule has 1 aliphatic carbocycles. The van der Waals surface area contributed by atoms with Gasteiger partial charge in [0.05, 0.1) is 37.6 Å². The van der Waals surface area contributed by atoms with Gasteiger partial charge in [0.1, 0.15) is 34.0 Å². The second kappa shape index (κ2) is 13.7. The average molecular weight is 744 g/mol. The third-order valence-corrected chi connectivity index (χ3v) is 11.7. The van der Waals surface area contributed by atoms with Crippen LogP contribution < -0.4 is 14.4 Å². The summed E-state index contributed by atoms with van der Waals surface area (Å²) in [5.41, 5.74) is -1.54. The van der Waals surface area contributed by atoms with Crippen LogP contribution in [-0.2, 0) is 9.47 Å². The largest absolute Gasteiger partial charge is 0.508 e. The summed E-state index contributed by atoms with van der Waals surface area (Å²) >= 11 is 0. The van der Waals surface area contributed by atoms with Gasteiger partial charge in [0.15, 0.2) is 11.6 Å². The third kappa shape index (κ3) is 6.57. The Balaban J connectivity index is 1.22. The van der Waals surface area contributed by atoms with Crippen molar-refractivity contribution in [3.05, 3.63) is 41.5 Å². The van der Waals surface area contributed by atoms with Gasteiger partial charge in [0, 0.05) is 42.0 Å². The average Bonchev–Trinajstić information content (AvgIpc) is 3.73. The monoisotopic (exact) mass is 743 g/mol. The smallest absolute Gasteiger partial charge is 0.319 e. The predicted octanol–water partition coefficient (Wildman–Crippen LogP) is 6.33. The highest BCUT2D eigenvalue weighted by molar-refractivity contribution is 6.04. The quantitative estimate of drug-likeness (QED) is 0.197. The molecule has 4 aliphatic rings. The van der Waals surface area contributed by atoms with E-state index >= 15 is 8.78 Å². The van der Waals surface area contributed by atoms with E-state index < -0.39 is 23.0 Å². The molecule has 4 atom stereocenters.